The number of carbonyl (C=O) groups excluding carboxylic acids is 1. The number of hydrogen-bond donors (Lipinski definition) is 2. The van der Waals surface area contributed by atoms with Crippen LogP contribution in [0.4, 0.5) is 5.69 Å². The van der Waals surface area contributed by atoms with E-state index in [1.165, 1.54) is 6.20 Å². The summed E-state index contributed by atoms with van der Waals surface area (Å²) in [5.41, 5.74) is 6.62. The van der Waals surface area contributed by atoms with Crippen LogP contribution in [0.2, 0.25) is 0 Å². The first-order chi connectivity index (χ1) is 8.72. The zero-order valence-corrected chi connectivity index (χ0v) is 10.6. The zero-order valence-electron chi connectivity index (χ0n) is 10.6. The minimum Gasteiger partial charge on any atom is -0.398 e. The number of nitrogens with one attached hydrogen (secondary N) is 1. The fourth-order valence-corrected chi connectivity index (χ4v) is 2.29. The molecule has 1 aromatic rings. The van der Waals surface area contributed by atoms with Crippen molar-refractivity contribution < 1.29 is 9.53 Å². The Kier molecular flexibility index (Phi) is 4.15. The summed E-state index contributed by atoms with van der Waals surface area (Å²) in [7, 11) is 0. The van der Waals surface area contributed by atoms with Gasteiger partial charge in [0.1, 0.15) is 0 Å². The summed E-state index contributed by atoms with van der Waals surface area (Å²) in [6.07, 6.45) is 5.31. The van der Waals surface area contributed by atoms with Crippen molar-refractivity contribution in [2.45, 2.75) is 25.9 Å². The largest absolute Gasteiger partial charge is 0.398 e. The van der Waals surface area contributed by atoms with Gasteiger partial charge in [-0.05, 0) is 18.9 Å². The monoisotopic (exact) mass is 249 g/mol. The molecule has 3 N–H and O–H groups in total. The number of anilines is 1. The van der Waals surface area contributed by atoms with Gasteiger partial charge in [0.15, 0.2) is 0 Å². The third-order valence-corrected chi connectivity index (χ3v) is 3.37. The maximum Gasteiger partial charge on any atom is 0.254 e. The molecular formula is C13H19N3O2. The third-order valence-electron chi connectivity index (χ3n) is 3.37. The van der Waals surface area contributed by atoms with Gasteiger partial charge in [-0.15, -0.1) is 0 Å². The summed E-state index contributed by atoms with van der Waals surface area (Å²) in [6, 6.07) is 1.63. The van der Waals surface area contributed by atoms with Crippen LogP contribution in [-0.2, 0) is 4.74 Å². The van der Waals surface area contributed by atoms with Crippen LogP contribution in [-0.4, -0.2) is 30.1 Å². The summed E-state index contributed by atoms with van der Waals surface area (Å²) in [6.45, 7) is 3.52. The molecule has 2 atom stereocenters. The zero-order chi connectivity index (χ0) is 13.0. The summed E-state index contributed by atoms with van der Waals surface area (Å²) < 4.78 is 5.59. The lowest BCUT2D eigenvalue weighted by Gasteiger charge is -2.17. The van der Waals surface area contributed by atoms with Crippen LogP contribution in [0.5, 0.6) is 0 Å². The Labute approximate surface area is 107 Å². The average Bonchev–Trinajstić information content (AvgIpc) is 2.84. The van der Waals surface area contributed by atoms with Gasteiger partial charge in [-0.3, -0.25) is 9.78 Å². The van der Waals surface area contributed by atoms with E-state index in [1.807, 2.05) is 0 Å². The Morgan fingerprint density at radius 3 is 3.22 bits per heavy atom. The number of nitrogen functional groups attached to an aromatic ring is 1. The highest BCUT2D eigenvalue weighted by atomic mass is 16.5. The number of rotatable bonds is 4. The van der Waals surface area contributed by atoms with Crippen molar-refractivity contribution in [3.05, 3.63) is 24.0 Å². The predicted octanol–water partition coefficient (Wildman–Crippen LogP) is 1.21. The first-order valence-electron chi connectivity index (χ1n) is 6.31. The molecule has 0 bridgehead atoms. The molecule has 2 heterocycles. The molecule has 5 heteroatoms. The van der Waals surface area contributed by atoms with Crippen LogP contribution in [0.25, 0.3) is 0 Å². The fourth-order valence-electron chi connectivity index (χ4n) is 2.29. The van der Waals surface area contributed by atoms with Crippen molar-refractivity contribution >= 4 is 11.6 Å². The fraction of sp³-hybridized carbons (Fsp3) is 0.538. The molecule has 5 nitrogen and oxygen atoms in total. The molecule has 1 aromatic heterocycles. The van der Waals surface area contributed by atoms with Gasteiger partial charge in [-0.2, -0.15) is 0 Å². The second-order valence-electron chi connectivity index (χ2n) is 4.54. The molecule has 2 unspecified atom stereocenters. The number of amides is 1. The van der Waals surface area contributed by atoms with Gasteiger partial charge in [0.2, 0.25) is 0 Å². The second-order valence-corrected chi connectivity index (χ2v) is 4.54. The van der Waals surface area contributed by atoms with E-state index in [0.29, 0.717) is 23.7 Å². The second kappa shape index (κ2) is 5.82. The Bertz CT molecular complexity index is 422. The average molecular weight is 249 g/mol. The Hall–Kier alpha value is -1.62. The number of aromatic nitrogens is 1. The van der Waals surface area contributed by atoms with Gasteiger partial charge in [0, 0.05) is 37.2 Å². The lowest BCUT2D eigenvalue weighted by atomic mass is 9.99. The third kappa shape index (κ3) is 2.79. The van der Waals surface area contributed by atoms with E-state index in [2.05, 4.69) is 17.2 Å². The molecule has 0 aromatic carbocycles. The molecule has 0 aliphatic carbocycles. The van der Waals surface area contributed by atoms with Gasteiger partial charge in [-0.25, -0.2) is 0 Å². The van der Waals surface area contributed by atoms with Crippen LogP contribution in [0.1, 0.15) is 30.1 Å². The summed E-state index contributed by atoms with van der Waals surface area (Å²) in [5.74, 6) is 0.235. The molecule has 18 heavy (non-hydrogen) atoms. The summed E-state index contributed by atoms with van der Waals surface area (Å²) >= 11 is 0. The Balaban J connectivity index is 1.91. The highest BCUT2D eigenvalue weighted by molar-refractivity contribution is 5.98. The molecule has 1 aliphatic heterocycles. The van der Waals surface area contributed by atoms with Gasteiger partial charge in [-0.1, -0.05) is 6.92 Å². The van der Waals surface area contributed by atoms with E-state index < -0.39 is 0 Å². The van der Waals surface area contributed by atoms with E-state index in [1.54, 1.807) is 12.3 Å². The maximum absolute atomic E-state index is 11.9. The molecule has 0 saturated carbocycles. The maximum atomic E-state index is 11.9. The number of hydrogen-bond acceptors (Lipinski definition) is 4. The van der Waals surface area contributed by atoms with Crippen LogP contribution in [0, 0.1) is 5.92 Å². The smallest absolute Gasteiger partial charge is 0.254 e. The lowest BCUT2D eigenvalue weighted by Crippen LogP contribution is -2.33. The minimum atomic E-state index is -0.164. The first kappa shape index (κ1) is 12.8. The van der Waals surface area contributed by atoms with E-state index in [9.17, 15) is 4.79 Å². The highest BCUT2D eigenvalue weighted by Gasteiger charge is 2.27. The Morgan fingerprint density at radius 1 is 1.67 bits per heavy atom. The number of ether oxygens (including phenoxy) is 1. The van der Waals surface area contributed by atoms with E-state index in [0.717, 1.165) is 19.4 Å². The van der Waals surface area contributed by atoms with Crippen LogP contribution < -0.4 is 11.1 Å². The van der Waals surface area contributed by atoms with E-state index >= 15 is 0 Å². The minimum absolute atomic E-state index is 0.164. The van der Waals surface area contributed by atoms with Gasteiger partial charge in [0.05, 0.1) is 11.7 Å². The first-order valence-corrected chi connectivity index (χ1v) is 6.31. The normalized spacial score (nSPS) is 22.9. The highest BCUT2D eigenvalue weighted by Crippen LogP contribution is 2.22. The van der Waals surface area contributed by atoms with Crippen LogP contribution in [0.15, 0.2) is 18.5 Å². The standard InChI is InChI=1S/C13H19N3O2/c1-2-12-9(4-6-18-12)7-16-13(17)10-8-15-5-3-11(10)14/h3,5,8-9,12H,2,4,6-7H2,1H3,(H2,14,15)(H,16,17). The SMILES string of the molecule is CCC1OCCC1CNC(=O)c1cnccc1N. The predicted molar refractivity (Wildman–Crippen MR) is 69.1 cm³/mol. The molecule has 2 rings (SSSR count). The molecule has 1 amide bonds. The van der Waals surface area contributed by atoms with Crippen molar-refractivity contribution in [1.29, 1.82) is 0 Å². The van der Waals surface area contributed by atoms with Crippen molar-refractivity contribution in [3.8, 4) is 0 Å². The number of nitrogens with zero attached hydrogens (tertiary/aromatic N) is 1. The van der Waals surface area contributed by atoms with E-state index in [-0.39, 0.29) is 12.0 Å². The molecule has 0 radical (unpaired) electrons. The lowest BCUT2D eigenvalue weighted by molar-refractivity contribution is 0.0827. The van der Waals surface area contributed by atoms with Crippen molar-refractivity contribution in [3.63, 3.8) is 0 Å². The molecule has 1 aliphatic rings. The van der Waals surface area contributed by atoms with Crippen molar-refractivity contribution in [2.75, 3.05) is 18.9 Å². The molecule has 1 saturated heterocycles. The molecular weight excluding hydrogens is 230 g/mol. The topological polar surface area (TPSA) is 77.2 Å². The summed E-state index contributed by atoms with van der Waals surface area (Å²) in [5, 5.41) is 2.91. The van der Waals surface area contributed by atoms with Crippen molar-refractivity contribution in [1.82, 2.24) is 10.3 Å². The number of pyridine rings is 1. The number of carbonyl (C=O) groups is 1. The quantitative estimate of drug-likeness (QED) is 0.840. The molecule has 1 fully saturated rings. The Morgan fingerprint density at radius 2 is 2.50 bits per heavy atom. The van der Waals surface area contributed by atoms with Crippen LogP contribution >= 0.6 is 0 Å². The summed E-state index contributed by atoms with van der Waals surface area (Å²) in [4.78, 5) is 15.9. The van der Waals surface area contributed by atoms with E-state index in [4.69, 9.17) is 10.5 Å². The molecule has 98 valence electrons. The van der Waals surface area contributed by atoms with Crippen molar-refractivity contribution in [2.24, 2.45) is 5.92 Å². The van der Waals surface area contributed by atoms with Gasteiger partial charge in [0.25, 0.3) is 5.91 Å². The van der Waals surface area contributed by atoms with Gasteiger partial charge < -0.3 is 15.8 Å². The molecule has 0 spiro atoms. The van der Waals surface area contributed by atoms with Crippen LogP contribution in [0.3, 0.4) is 0 Å². The number of nitrogens with two attached hydrogens (primary N) is 1. The van der Waals surface area contributed by atoms with Gasteiger partial charge >= 0.3 is 0 Å².